The fourth-order valence-electron chi connectivity index (χ4n) is 9.35. The molecule has 0 spiro atoms. The molecule has 55 heavy (non-hydrogen) atoms. The summed E-state index contributed by atoms with van der Waals surface area (Å²) in [6.45, 7) is 9.39. The van der Waals surface area contributed by atoms with Gasteiger partial charge in [-0.05, 0) is 120 Å². The standard InChI is InChI=1S/C54H43N/c1-53(2)49-19-11-9-16-47(49)52-44(17-12-20-50(52)53)39-25-32-43(33-26-39)55(41-28-21-37(22-29-41)36-13-6-5-7-14-36)42-30-23-38(24-31-42)40-27-34-46-45-15-8-10-18-48(45)54(3,4)51(46)35-40/h5-35H,1-4H3. The minimum atomic E-state index is -0.0316. The Morgan fingerprint density at radius 3 is 1.35 bits per heavy atom. The molecule has 1 nitrogen and oxygen atoms in total. The molecule has 0 aromatic heterocycles. The molecule has 2 aliphatic carbocycles. The Kier molecular flexibility index (Phi) is 7.58. The van der Waals surface area contributed by atoms with Gasteiger partial charge in [0.05, 0.1) is 0 Å². The maximum Gasteiger partial charge on any atom is 0.0462 e. The largest absolute Gasteiger partial charge is 0.311 e. The molecule has 2 aliphatic rings. The highest BCUT2D eigenvalue weighted by Gasteiger charge is 2.37. The van der Waals surface area contributed by atoms with Gasteiger partial charge in [-0.25, -0.2) is 0 Å². The van der Waals surface area contributed by atoms with Crippen molar-refractivity contribution in [2.45, 2.75) is 38.5 Å². The molecule has 1 heteroatoms. The van der Waals surface area contributed by atoms with E-state index in [4.69, 9.17) is 0 Å². The minimum Gasteiger partial charge on any atom is -0.311 e. The Hall–Kier alpha value is -6.44. The zero-order valence-electron chi connectivity index (χ0n) is 31.8. The van der Waals surface area contributed by atoms with Gasteiger partial charge in [-0.3, -0.25) is 0 Å². The van der Waals surface area contributed by atoms with Crippen molar-refractivity contribution in [3.05, 3.63) is 210 Å². The molecular weight excluding hydrogens is 663 g/mol. The lowest BCUT2D eigenvalue weighted by Gasteiger charge is -2.26. The van der Waals surface area contributed by atoms with Crippen LogP contribution in [-0.2, 0) is 10.8 Å². The van der Waals surface area contributed by atoms with E-state index in [0.29, 0.717) is 0 Å². The van der Waals surface area contributed by atoms with Gasteiger partial charge in [-0.1, -0.05) is 173 Å². The molecule has 0 radical (unpaired) electrons. The SMILES string of the molecule is CC1(C)c2ccccc2-c2ccc(-c3ccc(N(c4ccc(-c5ccccc5)cc4)c4ccc(-c5cccc6c5-c5ccccc5C6(C)C)cc4)cc3)cc21. The van der Waals surface area contributed by atoms with Gasteiger partial charge in [0.1, 0.15) is 0 Å². The zero-order valence-corrected chi connectivity index (χ0v) is 31.8. The van der Waals surface area contributed by atoms with E-state index < -0.39 is 0 Å². The van der Waals surface area contributed by atoms with Gasteiger partial charge in [0.15, 0.2) is 0 Å². The number of hydrogen-bond acceptors (Lipinski definition) is 1. The lowest BCUT2D eigenvalue weighted by atomic mass is 9.81. The number of benzene rings is 8. The van der Waals surface area contributed by atoms with Crippen LogP contribution in [0.4, 0.5) is 17.1 Å². The topological polar surface area (TPSA) is 3.24 Å². The minimum absolute atomic E-state index is 0.0300. The first-order valence-electron chi connectivity index (χ1n) is 19.4. The molecule has 264 valence electrons. The monoisotopic (exact) mass is 705 g/mol. The molecule has 0 heterocycles. The van der Waals surface area contributed by atoms with Crippen LogP contribution in [0, 0.1) is 0 Å². The average Bonchev–Trinajstić information content (AvgIpc) is 3.61. The molecule has 8 aromatic rings. The summed E-state index contributed by atoms with van der Waals surface area (Å²) in [7, 11) is 0. The van der Waals surface area contributed by atoms with E-state index >= 15 is 0 Å². The van der Waals surface area contributed by atoms with E-state index in [-0.39, 0.29) is 10.8 Å². The fourth-order valence-corrected chi connectivity index (χ4v) is 9.35. The third-order valence-electron chi connectivity index (χ3n) is 12.3. The normalized spacial score (nSPS) is 14.1. The van der Waals surface area contributed by atoms with Gasteiger partial charge in [0.2, 0.25) is 0 Å². The van der Waals surface area contributed by atoms with E-state index in [9.17, 15) is 0 Å². The molecule has 0 bridgehead atoms. The van der Waals surface area contributed by atoms with Gasteiger partial charge in [-0.15, -0.1) is 0 Å². The van der Waals surface area contributed by atoms with E-state index in [1.807, 2.05) is 0 Å². The lowest BCUT2D eigenvalue weighted by Crippen LogP contribution is -2.14. The predicted octanol–water partition coefficient (Wildman–Crippen LogP) is 14.8. The molecule has 0 N–H and O–H groups in total. The molecule has 0 amide bonds. The van der Waals surface area contributed by atoms with Gasteiger partial charge in [-0.2, -0.15) is 0 Å². The third kappa shape index (κ3) is 5.29. The number of rotatable bonds is 6. The highest BCUT2D eigenvalue weighted by atomic mass is 15.1. The molecule has 0 saturated carbocycles. The Labute approximate surface area is 325 Å². The Morgan fingerprint density at radius 2 is 0.709 bits per heavy atom. The number of nitrogens with zero attached hydrogens (tertiary/aromatic N) is 1. The third-order valence-corrected chi connectivity index (χ3v) is 12.3. The number of hydrogen-bond donors (Lipinski definition) is 0. The van der Waals surface area contributed by atoms with Crippen molar-refractivity contribution in [2.75, 3.05) is 4.90 Å². The first-order valence-corrected chi connectivity index (χ1v) is 19.4. The van der Waals surface area contributed by atoms with E-state index in [0.717, 1.165) is 17.1 Å². The van der Waals surface area contributed by atoms with Crippen molar-refractivity contribution in [3.63, 3.8) is 0 Å². The fraction of sp³-hybridized carbons (Fsp3) is 0.111. The molecule has 0 fully saturated rings. The van der Waals surface area contributed by atoms with Crippen LogP contribution in [0.3, 0.4) is 0 Å². The first kappa shape index (κ1) is 33.2. The summed E-state index contributed by atoms with van der Waals surface area (Å²) in [5.41, 5.74) is 21.7. The van der Waals surface area contributed by atoms with E-state index in [1.54, 1.807) is 0 Å². The Balaban J connectivity index is 1.03. The summed E-state index contributed by atoms with van der Waals surface area (Å²) in [6, 6.07) is 69.4. The van der Waals surface area contributed by atoms with Crippen LogP contribution in [0.5, 0.6) is 0 Å². The van der Waals surface area contributed by atoms with Crippen molar-refractivity contribution in [2.24, 2.45) is 0 Å². The van der Waals surface area contributed by atoms with Crippen molar-refractivity contribution in [3.8, 4) is 55.6 Å². The van der Waals surface area contributed by atoms with Crippen LogP contribution in [0.2, 0.25) is 0 Å². The van der Waals surface area contributed by atoms with Crippen LogP contribution in [0.25, 0.3) is 55.6 Å². The number of anilines is 3. The molecule has 10 rings (SSSR count). The van der Waals surface area contributed by atoms with Gasteiger partial charge < -0.3 is 4.90 Å². The van der Waals surface area contributed by atoms with Crippen LogP contribution >= 0.6 is 0 Å². The quantitative estimate of drug-likeness (QED) is 0.166. The van der Waals surface area contributed by atoms with E-state index in [1.165, 1.54) is 77.9 Å². The highest BCUT2D eigenvalue weighted by molar-refractivity contribution is 5.93. The Bertz CT molecular complexity index is 2720. The maximum atomic E-state index is 2.41. The van der Waals surface area contributed by atoms with Crippen molar-refractivity contribution in [1.82, 2.24) is 0 Å². The Morgan fingerprint density at radius 1 is 0.291 bits per heavy atom. The summed E-state index contributed by atoms with van der Waals surface area (Å²) in [6.07, 6.45) is 0. The number of fused-ring (bicyclic) bond motifs is 6. The first-order chi connectivity index (χ1) is 26.8. The molecular formula is C54H43N. The van der Waals surface area contributed by atoms with Gasteiger partial charge in [0.25, 0.3) is 0 Å². The van der Waals surface area contributed by atoms with Crippen LogP contribution in [0.1, 0.15) is 49.9 Å². The highest BCUT2D eigenvalue weighted by Crippen LogP contribution is 2.53. The van der Waals surface area contributed by atoms with E-state index in [2.05, 4.69) is 221 Å². The van der Waals surface area contributed by atoms with Crippen molar-refractivity contribution < 1.29 is 0 Å². The molecule has 0 atom stereocenters. The van der Waals surface area contributed by atoms with Crippen LogP contribution < -0.4 is 4.90 Å². The zero-order chi connectivity index (χ0) is 37.3. The van der Waals surface area contributed by atoms with Gasteiger partial charge in [0, 0.05) is 27.9 Å². The second kappa shape index (κ2) is 12.6. The van der Waals surface area contributed by atoms with Crippen molar-refractivity contribution in [1.29, 1.82) is 0 Å². The second-order valence-electron chi connectivity index (χ2n) is 16.2. The molecule has 8 aromatic carbocycles. The molecule has 0 unspecified atom stereocenters. The summed E-state index contributed by atoms with van der Waals surface area (Å²) in [5.74, 6) is 0. The molecule has 0 saturated heterocycles. The summed E-state index contributed by atoms with van der Waals surface area (Å²) in [5, 5.41) is 0. The predicted molar refractivity (Wildman–Crippen MR) is 233 cm³/mol. The average molecular weight is 706 g/mol. The van der Waals surface area contributed by atoms with Crippen LogP contribution in [-0.4, -0.2) is 0 Å². The summed E-state index contributed by atoms with van der Waals surface area (Å²) >= 11 is 0. The lowest BCUT2D eigenvalue weighted by molar-refractivity contribution is 0.660. The van der Waals surface area contributed by atoms with Gasteiger partial charge >= 0.3 is 0 Å². The second-order valence-corrected chi connectivity index (χ2v) is 16.2. The van der Waals surface area contributed by atoms with Crippen LogP contribution in [0.15, 0.2) is 188 Å². The summed E-state index contributed by atoms with van der Waals surface area (Å²) < 4.78 is 0. The maximum absolute atomic E-state index is 2.41. The summed E-state index contributed by atoms with van der Waals surface area (Å²) in [4.78, 5) is 2.37. The molecule has 0 aliphatic heterocycles. The smallest absolute Gasteiger partial charge is 0.0462 e. The van der Waals surface area contributed by atoms with Crippen molar-refractivity contribution >= 4 is 17.1 Å².